The van der Waals surface area contributed by atoms with Crippen molar-refractivity contribution in [3.05, 3.63) is 35.7 Å². The van der Waals surface area contributed by atoms with Crippen molar-refractivity contribution in [2.45, 2.75) is 31.7 Å². The maximum absolute atomic E-state index is 12.4. The van der Waals surface area contributed by atoms with Crippen LogP contribution in [0.3, 0.4) is 0 Å². The van der Waals surface area contributed by atoms with E-state index in [-0.39, 0.29) is 5.91 Å². The van der Waals surface area contributed by atoms with Crippen LogP contribution in [0.15, 0.2) is 29.6 Å². The molecule has 4 rings (SSSR count). The number of nitrogens with one attached hydrogen (secondary N) is 1. The molecule has 1 aliphatic rings. The quantitative estimate of drug-likeness (QED) is 0.516. The molecule has 0 saturated carbocycles. The van der Waals surface area contributed by atoms with Gasteiger partial charge in [0, 0.05) is 18.8 Å². The zero-order chi connectivity index (χ0) is 18.8. The van der Waals surface area contributed by atoms with Gasteiger partial charge in [0.25, 0.3) is 0 Å². The first-order valence-electron chi connectivity index (χ1n) is 8.96. The minimum Gasteiger partial charge on any atom is -0.348 e. The lowest BCUT2D eigenvalue weighted by Gasteiger charge is -2.11. The van der Waals surface area contributed by atoms with Crippen LogP contribution >= 0.6 is 23.1 Å². The molecule has 1 fully saturated rings. The molecule has 0 radical (unpaired) electrons. The molecule has 8 heteroatoms. The van der Waals surface area contributed by atoms with E-state index in [9.17, 15) is 4.79 Å². The van der Waals surface area contributed by atoms with Crippen LogP contribution in [0, 0.1) is 13.8 Å². The molecule has 0 atom stereocenters. The van der Waals surface area contributed by atoms with Crippen molar-refractivity contribution in [1.29, 1.82) is 0 Å². The highest BCUT2D eigenvalue weighted by Crippen LogP contribution is 2.34. The molecular formula is C19H21N5OS2. The third-order valence-corrected chi connectivity index (χ3v) is 6.75. The van der Waals surface area contributed by atoms with Crippen LogP contribution in [0.5, 0.6) is 0 Å². The van der Waals surface area contributed by atoms with E-state index in [1.54, 1.807) is 11.3 Å². The molecule has 6 nitrogen and oxygen atoms in total. The number of amides is 1. The Balaban J connectivity index is 1.45. The summed E-state index contributed by atoms with van der Waals surface area (Å²) in [5.74, 6) is 0.263. The molecule has 0 spiro atoms. The zero-order valence-electron chi connectivity index (χ0n) is 15.4. The lowest BCUT2D eigenvalue weighted by atomic mass is 10.1. The standard InChI is InChI=1S/C19H21N5OS2/c1-12-5-6-14(13(2)9-12)22-15(25)10-26-18-16-17(20-11-21-18)23-19(27-16)24-7-3-4-8-24/h5-6,9,11H,3-4,7-8,10H2,1-2H3,(H,22,25). The van der Waals surface area contributed by atoms with Gasteiger partial charge in [0.05, 0.1) is 5.75 Å². The second-order valence-corrected chi connectivity index (χ2v) is 8.62. The fourth-order valence-corrected chi connectivity index (χ4v) is 5.08. The third-order valence-electron chi connectivity index (χ3n) is 4.52. The fraction of sp³-hybridized carbons (Fsp3) is 0.368. The van der Waals surface area contributed by atoms with Gasteiger partial charge in [-0.2, -0.15) is 4.98 Å². The van der Waals surface area contributed by atoms with Crippen molar-refractivity contribution in [3.8, 4) is 0 Å². The number of carbonyl (C=O) groups excluding carboxylic acids is 1. The van der Waals surface area contributed by atoms with E-state index in [2.05, 4.69) is 31.2 Å². The van der Waals surface area contributed by atoms with Gasteiger partial charge in [-0.15, -0.1) is 0 Å². The van der Waals surface area contributed by atoms with Crippen LogP contribution in [-0.2, 0) is 4.79 Å². The second-order valence-electron chi connectivity index (χ2n) is 6.68. The summed E-state index contributed by atoms with van der Waals surface area (Å²) in [7, 11) is 0. The van der Waals surface area contributed by atoms with E-state index in [1.807, 2.05) is 26.0 Å². The minimum atomic E-state index is -0.0389. The number of nitrogens with zero attached hydrogens (tertiary/aromatic N) is 4. The van der Waals surface area contributed by atoms with E-state index in [0.717, 1.165) is 39.2 Å². The molecule has 1 aromatic carbocycles. The number of fused-ring (bicyclic) bond motifs is 1. The summed E-state index contributed by atoms with van der Waals surface area (Å²) in [5.41, 5.74) is 3.82. The maximum Gasteiger partial charge on any atom is 0.234 e. The first-order chi connectivity index (χ1) is 13.1. The van der Waals surface area contributed by atoms with Crippen LogP contribution in [-0.4, -0.2) is 39.7 Å². The lowest BCUT2D eigenvalue weighted by molar-refractivity contribution is -0.113. The number of hydrogen-bond acceptors (Lipinski definition) is 7. The Bertz CT molecular complexity index is 981. The zero-order valence-corrected chi connectivity index (χ0v) is 17.0. The predicted molar refractivity (Wildman–Crippen MR) is 112 cm³/mol. The summed E-state index contributed by atoms with van der Waals surface area (Å²) in [4.78, 5) is 28.0. The summed E-state index contributed by atoms with van der Waals surface area (Å²) in [6.07, 6.45) is 3.95. The van der Waals surface area contributed by atoms with E-state index in [4.69, 9.17) is 0 Å². The molecule has 1 amide bonds. The fourth-order valence-electron chi connectivity index (χ4n) is 3.14. The second kappa shape index (κ2) is 7.82. The Kier molecular flexibility index (Phi) is 5.27. The van der Waals surface area contributed by atoms with E-state index in [0.29, 0.717) is 11.4 Å². The van der Waals surface area contributed by atoms with Crippen LogP contribution in [0.4, 0.5) is 10.8 Å². The average Bonchev–Trinajstić information content (AvgIpc) is 3.31. The van der Waals surface area contributed by atoms with Gasteiger partial charge < -0.3 is 10.2 Å². The van der Waals surface area contributed by atoms with Gasteiger partial charge in [0.1, 0.15) is 16.1 Å². The average molecular weight is 400 g/mol. The number of hydrogen-bond donors (Lipinski definition) is 1. The highest BCUT2D eigenvalue weighted by Gasteiger charge is 2.19. The van der Waals surface area contributed by atoms with Crippen molar-refractivity contribution < 1.29 is 4.79 Å². The summed E-state index contributed by atoms with van der Waals surface area (Å²) in [5, 5.41) is 4.80. The number of aromatic nitrogens is 3. The number of anilines is 2. The van der Waals surface area contributed by atoms with Crippen LogP contribution in [0.25, 0.3) is 10.3 Å². The Labute approximate surface area is 166 Å². The van der Waals surface area contributed by atoms with Gasteiger partial charge in [0.2, 0.25) is 5.91 Å². The molecule has 1 saturated heterocycles. The monoisotopic (exact) mass is 399 g/mol. The van der Waals surface area contributed by atoms with Crippen molar-refractivity contribution in [2.75, 3.05) is 29.1 Å². The normalized spacial score (nSPS) is 14.1. The number of thiazole rings is 1. The Morgan fingerprint density at radius 3 is 2.85 bits per heavy atom. The van der Waals surface area contributed by atoms with Gasteiger partial charge in [-0.1, -0.05) is 40.8 Å². The van der Waals surface area contributed by atoms with Crippen molar-refractivity contribution in [3.63, 3.8) is 0 Å². The van der Waals surface area contributed by atoms with E-state index >= 15 is 0 Å². The summed E-state index contributed by atoms with van der Waals surface area (Å²) in [6, 6.07) is 6.01. The summed E-state index contributed by atoms with van der Waals surface area (Å²) >= 11 is 3.05. The molecular weight excluding hydrogens is 378 g/mol. The topological polar surface area (TPSA) is 71.0 Å². The SMILES string of the molecule is Cc1ccc(NC(=O)CSc2ncnc3nc(N4CCCC4)sc23)c(C)c1. The van der Waals surface area contributed by atoms with Gasteiger partial charge in [-0.05, 0) is 38.3 Å². The molecule has 140 valence electrons. The van der Waals surface area contributed by atoms with Crippen molar-refractivity contribution in [2.24, 2.45) is 0 Å². The maximum atomic E-state index is 12.4. The van der Waals surface area contributed by atoms with E-state index in [1.165, 1.54) is 36.5 Å². The van der Waals surface area contributed by atoms with Gasteiger partial charge in [-0.3, -0.25) is 4.79 Å². The molecule has 1 aliphatic heterocycles. The number of benzene rings is 1. The molecule has 0 aliphatic carbocycles. The first-order valence-corrected chi connectivity index (χ1v) is 10.8. The number of rotatable bonds is 5. The Morgan fingerprint density at radius 1 is 1.26 bits per heavy atom. The molecule has 27 heavy (non-hydrogen) atoms. The van der Waals surface area contributed by atoms with Crippen LogP contribution in [0.1, 0.15) is 24.0 Å². The van der Waals surface area contributed by atoms with E-state index < -0.39 is 0 Å². The highest BCUT2D eigenvalue weighted by molar-refractivity contribution is 8.00. The summed E-state index contributed by atoms with van der Waals surface area (Å²) in [6.45, 7) is 6.14. The van der Waals surface area contributed by atoms with Crippen LogP contribution in [0.2, 0.25) is 0 Å². The summed E-state index contributed by atoms with van der Waals surface area (Å²) < 4.78 is 0.962. The third kappa shape index (κ3) is 4.06. The largest absolute Gasteiger partial charge is 0.348 e. The van der Waals surface area contributed by atoms with Gasteiger partial charge >= 0.3 is 0 Å². The molecule has 3 heterocycles. The number of carbonyl (C=O) groups is 1. The lowest BCUT2D eigenvalue weighted by Crippen LogP contribution is -2.16. The van der Waals surface area contributed by atoms with Gasteiger partial charge in [-0.25, -0.2) is 9.97 Å². The molecule has 1 N–H and O–H groups in total. The Hall–Kier alpha value is -2.19. The van der Waals surface area contributed by atoms with Crippen molar-refractivity contribution in [1.82, 2.24) is 15.0 Å². The first kappa shape index (κ1) is 18.2. The van der Waals surface area contributed by atoms with Gasteiger partial charge in [0.15, 0.2) is 10.8 Å². The Morgan fingerprint density at radius 2 is 2.07 bits per heavy atom. The highest BCUT2D eigenvalue weighted by atomic mass is 32.2. The minimum absolute atomic E-state index is 0.0389. The molecule has 3 aromatic rings. The predicted octanol–water partition coefficient (Wildman–Crippen LogP) is 4.03. The smallest absolute Gasteiger partial charge is 0.234 e. The number of aryl methyl sites for hydroxylation is 2. The molecule has 0 bridgehead atoms. The van der Waals surface area contributed by atoms with Crippen molar-refractivity contribution >= 4 is 50.2 Å². The number of thioether (sulfide) groups is 1. The molecule has 2 aromatic heterocycles. The molecule has 0 unspecified atom stereocenters. The van der Waals surface area contributed by atoms with Crippen LogP contribution < -0.4 is 10.2 Å².